The van der Waals surface area contributed by atoms with E-state index in [2.05, 4.69) is 17.5 Å². The Morgan fingerprint density at radius 1 is 1.24 bits per heavy atom. The summed E-state index contributed by atoms with van der Waals surface area (Å²) in [4.78, 5) is 15.1. The lowest BCUT2D eigenvalue weighted by atomic mass is 9.61. The Kier molecular flexibility index (Phi) is 4.35. The molecule has 2 saturated carbocycles. The van der Waals surface area contributed by atoms with Crippen LogP contribution >= 0.6 is 0 Å². The average Bonchev–Trinajstić information content (AvgIpc) is 2.64. The molecular formula is C24H30FN3O. The summed E-state index contributed by atoms with van der Waals surface area (Å²) in [6.45, 7) is 2.72. The van der Waals surface area contributed by atoms with Gasteiger partial charge < -0.3 is 16.0 Å². The Labute approximate surface area is 172 Å². The number of nitrogens with two attached hydrogens (primary N) is 1. The van der Waals surface area contributed by atoms with Gasteiger partial charge in [0.25, 0.3) is 0 Å². The summed E-state index contributed by atoms with van der Waals surface area (Å²) in [6.07, 6.45) is 12.1. The van der Waals surface area contributed by atoms with Crippen molar-refractivity contribution in [1.82, 2.24) is 10.2 Å². The third kappa shape index (κ3) is 3.39. The van der Waals surface area contributed by atoms with Gasteiger partial charge in [0.2, 0.25) is 0 Å². The number of urea groups is 1. The molecule has 1 atom stereocenters. The van der Waals surface area contributed by atoms with Crippen LogP contribution in [0.15, 0.2) is 47.6 Å². The number of nitrogens with one attached hydrogen (secondary N) is 1. The summed E-state index contributed by atoms with van der Waals surface area (Å²) < 4.78 is 13.6. The number of hydrogen-bond donors (Lipinski definition) is 2. The number of allylic oxidation sites excluding steroid dienone is 1. The summed E-state index contributed by atoms with van der Waals surface area (Å²) in [6, 6.07) is 6.57. The van der Waals surface area contributed by atoms with E-state index in [0.717, 1.165) is 31.2 Å². The number of carbonyl (C=O) groups excluding carboxylic acids is 1. The molecule has 29 heavy (non-hydrogen) atoms. The number of halogens is 1. The van der Waals surface area contributed by atoms with Gasteiger partial charge in [0.1, 0.15) is 5.82 Å². The summed E-state index contributed by atoms with van der Waals surface area (Å²) in [7, 11) is 0. The first kappa shape index (κ1) is 18.9. The summed E-state index contributed by atoms with van der Waals surface area (Å²) in [5.41, 5.74) is 9.97. The van der Waals surface area contributed by atoms with E-state index >= 15 is 0 Å². The van der Waals surface area contributed by atoms with E-state index in [9.17, 15) is 9.18 Å². The quantitative estimate of drug-likeness (QED) is 0.770. The van der Waals surface area contributed by atoms with E-state index in [1.54, 1.807) is 0 Å². The lowest BCUT2D eigenvalue weighted by Crippen LogP contribution is -2.60. The number of carbonyl (C=O) groups is 1. The van der Waals surface area contributed by atoms with Gasteiger partial charge >= 0.3 is 6.03 Å². The van der Waals surface area contributed by atoms with Crippen molar-refractivity contribution < 1.29 is 9.18 Å². The van der Waals surface area contributed by atoms with E-state index in [0.29, 0.717) is 12.0 Å². The van der Waals surface area contributed by atoms with Gasteiger partial charge in [0.05, 0.1) is 6.04 Å². The maximum atomic E-state index is 13.6. The van der Waals surface area contributed by atoms with Crippen LogP contribution < -0.4 is 11.1 Å². The fraction of sp³-hybridized carbons (Fsp3) is 0.542. The zero-order valence-corrected chi connectivity index (χ0v) is 17.1. The molecule has 4 aliphatic rings. The third-order valence-electron chi connectivity index (χ3n) is 7.40. The van der Waals surface area contributed by atoms with Crippen LogP contribution in [0.25, 0.3) is 0 Å². The van der Waals surface area contributed by atoms with Crippen LogP contribution in [-0.2, 0) is 0 Å². The normalized spacial score (nSPS) is 32.4. The molecule has 0 radical (unpaired) electrons. The SMILES string of the molecule is C[C@]1(N)C[C@H](NC(=O)N2CCC3=C(C=CC4(CCC4)C3)[C@@H]2c2ccc(F)cc2)C1. The first-order valence-electron chi connectivity index (χ1n) is 10.9. The lowest BCUT2D eigenvalue weighted by molar-refractivity contribution is 0.146. The van der Waals surface area contributed by atoms with E-state index in [1.807, 2.05) is 24.0 Å². The summed E-state index contributed by atoms with van der Waals surface area (Å²) in [5, 5.41) is 3.17. The Balaban J connectivity index is 1.43. The predicted octanol–water partition coefficient (Wildman–Crippen LogP) is 4.59. The minimum absolute atomic E-state index is 0.0382. The van der Waals surface area contributed by atoms with Crippen molar-refractivity contribution >= 4 is 6.03 Å². The van der Waals surface area contributed by atoms with Crippen molar-refractivity contribution in [1.29, 1.82) is 0 Å². The van der Waals surface area contributed by atoms with Gasteiger partial charge in [-0.2, -0.15) is 0 Å². The number of amides is 2. The van der Waals surface area contributed by atoms with Crippen molar-refractivity contribution in [2.75, 3.05) is 6.54 Å². The average molecular weight is 396 g/mol. The van der Waals surface area contributed by atoms with Gasteiger partial charge in [-0.1, -0.05) is 36.3 Å². The minimum Gasteiger partial charge on any atom is -0.335 e. The van der Waals surface area contributed by atoms with E-state index in [-0.39, 0.29) is 29.5 Å². The Hall–Kier alpha value is -2.14. The lowest BCUT2D eigenvalue weighted by Gasteiger charge is -2.48. The smallest absolute Gasteiger partial charge is 0.318 e. The maximum absolute atomic E-state index is 13.6. The highest BCUT2D eigenvalue weighted by Gasteiger charge is 2.43. The van der Waals surface area contributed by atoms with Crippen LogP contribution in [0.2, 0.25) is 0 Å². The molecule has 0 bridgehead atoms. The molecule has 5 rings (SSSR count). The van der Waals surface area contributed by atoms with Crippen LogP contribution in [-0.4, -0.2) is 29.1 Å². The monoisotopic (exact) mass is 395 g/mol. The van der Waals surface area contributed by atoms with Crippen LogP contribution in [0.1, 0.15) is 63.5 Å². The van der Waals surface area contributed by atoms with Gasteiger partial charge in [-0.25, -0.2) is 9.18 Å². The Morgan fingerprint density at radius 2 is 1.97 bits per heavy atom. The van der Waals surface area contributed by atoms with E-state index < -0.39 is 0 Å². The van der Waals surface area contributed by atoms with Crippen LogP contribution in [0.4, 0.5) is 9.18 Å². The first-order valence-corrected chi connectivity index (χ1v) is 10.9. The highest BCUT2D eigenvalue weighted by molar-refractivity contribution is 5.76. The molecule has 2 amide bonds. The zero-order chi connectivity index (χ0) is 20.2. The molecule has 1 aromatic carbocycles. The first-order chi connectivity index (χ1) is 13.8. The molecule has 1 heterocycles. The van der Waals surface area contributed by atoms with Gasteiger partial charge in [0, 0.05) is 18.1 Å². The van der Waals surface area contributed by atoms with Crippen molar-refractivity contribution in [3.63, 3.8) is 0 Å². The fourth-order valence-corrected chi connectivity index (χ4v) is 5.66. The molecule has 3 aliphatic carbocycles. The van der Waals surface area contributed by atoms with Gasteiger partial charge in [-0.05, 0) is 74.1 Å². The highest BCUT2D eigenvalue weighted by atomic mass is 19.1. The van der Waals surface area contributed by atoms with Gasteiger partial charge in [0.15, 0.2) is 0 Å². The zero-order valence-electron chi connectivity index (χ0n) is 17.1. The van der Waals surface area contributed by atoms with E-state index in [4.69, 9.17) is 5.73 Å². The second-order valence-corrected chi connectivity index (χ2v) is 9.89. The molecule has 1 aromatic rings. The number of rotatable bonds is 2. The Morgan fingerprint density at radius 3 is 2.59 bits per heavy atom. The van der Waals surface area contributed by atoms with Crippen molar-refractivity contribution in [3.8, 4) is 0 Å². The number of benzene rings is 1. The van der Waals surface area contributed by atoms with Gasteiger partial charge in [-0.15, -0.1) is 0 Å². The summed E-state index contributed by atoms with van der Waals surface area (Å²) >= 11 is 0. The number of hydrogen-bond acceptors (Lipinski definition) is 2. The van der Waals surface area contributed by atoms with Crippen LogP contribution in [0.3, 0.4) is 0 Å². The topological polar surface area (TPSA) is 58.4 Å². The molecule has 1 spiro atoms. The molecule has 0 aromatic heterocycles. The molecule has 154 valence electrons. The minimum atomic E-state index is -0.251. The van der Waals surface area contributed by atoms with Crippen molar-refractivity contribution in [3.05, 3.63) is 58.9 Å². The van der Waals surface area contributed by atoms with Crippen LogP contribution in [0.5, 0.6) is 0 Å². The van der Waals surface area contributed by atoms with Crippen molar-refractivity contribution in [2.45, 2.75) is 69.5 Å². The molecule has 0 saturated heterocycles. The molecule has 5 heteroatoms. The molecule has 2 fully saturated rings. The van der Waals surface area contributed by atoms with Crippen molar-refractivity contribution in [2.24, 2.45) is 11.1 Å². The third-order valence-corrected chi connectivity index (χ3v) is 7.40. The van der Waals surface area contributed by atoms with E-state index in [1.165, 1.54) is 42.5 Å². The standard InChI is InChI=1S/C24H30FN3O/c1-23(26)14-19(15-23)27-22(29)28-12-8-17-13-24(9-2-10-24)11-7-20(17)21(28)16-3-5-18(25)6-4-16/h3-7,11,19,21H,2,8-10,12-15,26H2,1H3,(H,27,29)/t19-,21-,23-/m0/s1. The summed E-state index contributed by atoms with van der Waals surface area (Å²) in [5.74, 6) is -0.251. The molecule has 1 aliphatic heterocycles. The van der Waals surface area contributed by atoms with Gasteiger partial charge in [-0.3, -0.25) is 0 Å². The second kappa shape index (κ2) is 6.69. The Bertz CT molecular complexity index is 874. The molecule has 4 nitrogen and oxygen atoms in total. The largest absolute Gasteiger partial charge is 0.335 e. The maximum Gasteiger partial charge on any atom is 0.318 e. The molecular weight excluding hydrogens is 365 g/mol. The fourth-order valence-electron chi connectivity index (χ4n) is 5.66. The highest BCUT2D eigenvalue weighted by Crippen LogP contribution is 2.53. The molecule has 3 N–H and O–H groups in total. The second-order valence-electron chi connectivity index (χ2n) is 9.89. The predicted molar refractivity (Wildman–Crippen MR) is 112 cm³/mol. The molecule has 0 unspecified atom stereocenters. The number of nitrogens with zero attached hydrogens (tertiary/aromatic N) is 1. The van der Waals surface area contributed by atoms with Crippen LogP contribution in [0, 0.1) is 11.2 Å².